The number of aryl methyl sites for hydroxylation is 2. The lowest BCUT2D eigenvalue weighted by Crippen LogP contribution is -2.23. The molecule has 7 heteroatoms. The lowest BCUT2D eigenvalue weighted by atomic mass is 10.1. The summed E-state index contributed by atoms with van der Waals surface area (Å²) in [5, 5.41) is 12.0. The summed E-state index contributed by atoms with van der Waals surface area (Å²) in [6, 6.07) is 10.4. The molecule has 29 heavy (non-hydrogen) atoms. The molecule has 0 saturated carbocycles. The van der Waals surface area contributed by atoms with E-state index in [0.29, 0.717) is 16.4 Å². The highest BCUT2D eigenvalue weighted by atomic mass is 32.1. The summed E-state index contributed by atoms with van der Waals surface area (Å²) in [5.74, 6) is -0.652. The molecule has 0 saturated heterocycles. The van der Waals surface area contributed by atoms with Crippen LogP contribution in [0.3, 0.4) is 0 Å². The first-order valence-electron chi connectivity index (χ1n) is 9.06. The first-order valence-corrected chi connectivity index (χ1v) is 9.94. The Balaban J connectivity index is 1.76. The van der Waals surface area contributed by atoms with Crippen LogP contribution in [0.2, 0.25) is 0 Å². The first kappa shape index (κ1) is 20.5. The quantitative estimate of drug-likeness (QED) is 0.610. The van der Waals surface area contributed by atoms with Crippen LogP contribution in [0.5, 0.6) is 5.75 Å². The van der Waals surface area contributed by atoms with Gasteiger partial charge in [0.15, 0.2) is 5.13 Å². The number of carbonyl (C=O) groups is 2. The topological polar surface area (TPSA) is 79.7 Å². The molecule has 1 amide bonds. The Hall–Kier alpha value is -3.19. The van der Waals surface area contributed by atoms with Crippen molar-refractivity contribution in [2.24, 2.45) is 0 Å². The minimum atomic E-state index is -0.548. The fraction of sp³-hybridized carbons (Fsp3) is 0.227. The standard InChI is InChI=1S/C22H22N2O4S/c1-13-6-5-7-19(15(13)3)24(16(4)25)22-23-18(12-29-22)11-28-21(27)17-9-8-14(2)20(26)10-17/h5-10,12,26H,11H2,1-4H3. The van der Waals surface area contributed by atoms with E-state index in [1.807, 2.05) is 32.0 Å². The smallest absolute Gasteiger partial charge is 0.338 e. The third kappa shape index (κ3) is 4.46. The Kier molecular flexibility index (Phi) is 5.98. The number of ether oxygens (including phenoxy) is 1. The number of phenolic OH excluding ortho intramolecular Hbond substituents is 1. The van der Waals surface area contributed by atoms with Crippen LogP contribution in [-0.2, 0) is 16.1 Å². The molecule has 0 bridgehead atoms. The fourth-order valence-electron chi connectivity index (χ4n) is 2.81. The van der Waals surface area contributed by atoms with Crippen LogP contribution in [0, 0.1) is 20.8 Å². The highest BCUT2D eigenvalue weighted by Gasteiger charge is 2.20. The number of phenols is 1. The molecular formula is C22H22N2O4S. The molecule has 0 atom stereocenters. The van der Waals surface area contributed by atoms with Crippen molar-refractivity contribution in [3.8, 4) is 5.75 Å². The van der Waals surface area contributed by atoms with Gasteiger partial charge in [-0.1, -0.05) is 18.2 Å². The number of amides is 1. The van der Waals surface area contributed by atoms with Crippen molar-refractivity contribution in [3.05, 3.63) is 69.7 Å². The van der Waals surface area contributed by atoms with Gasteiger partial charge in [0, 0.05) is 12.3 Å². The van der Waals surface area contributed by atoms with Crippen LogP contribution < -0.4 is 4.90 Å². The van der Waals surface area contributed by atoms with E-state index in [1.54, 1.807) is 29.3 Å². The van der Waals surface area contributed by atoms with Crippen LogP contribution >= 0.6 is 11.3 Å². The average Bonchev–Trinajstić information content (AvgIpc) is 3.14. The lowest BCUT2D eigenvalue weighted by Gasteiger charge is -2.21. The van der Waals surface area contributed by atoms with Crippen molar-refractivity contribution >= 4 is 34.0 Å². The van der Waals surface area contributed by atoms with Crippen molar-refractivity contribution in [1.82, 2.24) is 4.98 Å². The second-order valence-corrected chi connectivity index (χ2v) is 7.61. The third-order valence-electron chi connectivity index (χ3n) is 4.66. The summed E-state index contributed by atoms with van der Waals surface area (Å²) in [7, 11) is 0. The Morgan fingerprint density at radius 3 is 2.59 bits per heavy atom. The summed E-state index contributed by atoms with van der Waals surface area (Å²) in [5.41, 5.74) is 4.37. The van der Waals surface area contributed by atoms with Gasteiger partial charge in [0.25, 0.3) is 0 Å². The van der Waals surface area contributed by atoms with Gasteiger partial charge >= 0.3 is 5.97 Å². The first-order chi connectivity index (χ1) is 13.8. The minimum Gasteiger partial charge on any atom is -0.508 e. The molecule has 0 fully saturated rings. The van der Waals surface area contributed by atoms with Gasteiger partial charge in [0.2, 0.25) is 5.91 Å². The molecule has 0 aliphatic rings. The number of nitrogens with zero attached hydrogens (tertiary/aromatic N) is 2. The number of esters is 1. The van der Waals surface area contributed by atoms with Gasteiger partial charge in [-0.25, -0.2) is 9.78 Å². The number of carbonyl (C=O) groups excluding carboxylic acids is 2. The van der Waals surface area contributed by atoms with Gasteiger partial charge in [-0.15, -0.1) is 11.3 Å². The predicted molar refractivity (Wildman–Crippen MR) is 113 cm³/mol. The molecular weight excluding hydrogens is 388 g/mol. The van der Waals surface area contributed by atoms with E-state index in [9.17, 15) is 14.7 Å². The zero-order valence-electron chi connectivity index (χ0n) is 16.7. The van der Waals surface area contributed by atoms with Crippen molar-refractivity contribution < 1.29 is 19.4 Å². The molecule has 3 rings (SSSR count). The molecule has 1 N–H and O–H groups in total. The average molecular weight is 410 g/mol. The molecule has 150 valence electrons. The third-order valence-corrected chi connectivity index (χ3v) is 5.53. The van der Waals surface area contributed by atoms with Crippen LogP contribution in [0.1, 0.15) is 39.7 Å². The molecule has 1 heterocycles. The largest absolute Gasteiger partial charge is 0.508 e. The molecule has 3 aromatic rings. The molecule has 6 nitrogen and oxygen atoms in total. The molecule has 0 radical (unpaired) electrons. The molecule has 0 spiro atoms. The van der Waals surface area contributed by atoms with E-state index in [2.05, 4.69) is 4.98 Å². The van der Waals surface area contributed by atoms with E-state index >= 15 is 0 Å². The van der Waals surface area contributed by atoms with Crippen LogP contribution in [0.15, 0.2) is 41.8 Å². The Morgan fingerprint density at radius 2 is 1.90 bits per heavy atom. The molecule has 0 aliphatic carbocycles. The van der Waals surface area contributed by atoms with Crippen LogP contribution in [0.4, 0.5) is 10.8 Å². The highest BCUT2D eigenvalue weighted by molar-refractivity contribution is 7.14. The molecule has 0 unspecified atom stereocenters. The van der Waals surface area contributed by atoms with Crippen molar-refractivity contribution in [2.45, 2.75) is 34.3 Å². The molecule has 2 aromatic carbocycles. The number of thiazole rings is 1. The highest BCUT2D eigenvalue weighted by Crippen LogP contribution is 2.32. The maximum atomic E-state index is 12.3. The van der Waals surface area contributed by atoms with Crippen LogP contribution in [-0.4, -0.2) is 22.0 Å². The Morgan fingerprint density at radius 1 is 1.14 bits per heavy atom. The number of benzene rings is 2. The molecule has 0 aliphatic heterocycles. The van der Waals surface area contributed by atoms with Crippen molar-refractivity contribution in [3.63, 3.8) is 0 Å². The summed E-state index contributed by atoms with van der Waals surface area (Å²) >= 11 is 1.31. The number of aromatic nitrogens is 1. The minimum absolute atomic E-state index is 0.0253. The van der Waals surface area contributed by atoms with Crippen LogP contribution in [0.25, 0.3) is 0 Å². The lowest BCUT2D eigenvalue weighted by molar-refractivity contribution is -0.115. The monoisotopic (exact) mass is 410 g/mol. The number of hydrogen-bond donors (Lipinski definition) is 1. The predicted octanol–water partition coefficient (Wildman–Crippen LogP) is 4.82. The maximum absolute atomic E-state index is 12.3. The van der Waals surface area contributed by atoms with E-state index in [-0.39, 0.29) is 23.8 Å². The van der Waals surface area contributed by atoms with E-state index in [0.717, 1.165) is 16.8 Å². The number of anilines is 2. The van der Waals surface area contributed by atoms with Gasteiger partial charge in [0.1, 0.15) is 12.4 Å². The number of aromatic hydroxyl groups is 1. The molecule has 1 aromatic heterocycles. The maximum Gasteiger partial charge on any atom is 0.338 e. The Bertz CT molecular complexity index is 1070. The zero-order chi connectivity index (χ0) is 21.1. The van der Waals surface area contributed by atoms with Crippen molar-refractivity contribution in [1.29, 1.82) is 0 Å². The normalized spacial score (nSPS) is 10.6. The number of rotatable bonds is 5. The van der Waals surface area contributed by atoms with E-state index in [1.165, 1.54) is 24.3 Å². The Labute approximate surface area is 173 Å². The second kappa shape index (κ2) is 8.45. The van der Waals surface area contributed by atoms with E-state index < -0.39 is 5.97 Å². The number of hydrogen-bond acceptors (Lipinski definition) is 6. The fourth-order valence-corrected chi connectivity index (χ4v) is 3.67. The summed E-state index contributed by atoms with van der Waals surface area (Å²) in [4.78, 5) is 30.6. The van der Waals surface area contributed by atoms with Gasteiger partial charge < -0.3 is 9.84 Å². The van der Waals surface area contributed by atoms with Gasteiger partial charge in [-0.05, 0) is 55.7 Å². The van der Waals surface area contributed by atoms with E-state index in [4.69, 9.17) is 4.74 Å². The zero-order valence-corrected chi connectivity index (χ0v) is 17.5. The van der Waals surface area contributed by atoms with Crippen molar-refractivity contribution in [2.75, 3.05) is 4.90 Å². The van der Waals surface area contributed by atoms with Gasteiger partial charge in [0.05, 0.1) is 16.9 Å². The summed E-state index contributed by atoms with van der Waals surface area (Å²) in [6.07, 6.45) is 0. The summed E-state index contributed by atoms with van der Waals surface area (Å²) in [6.45, 7) is 7.17. The second-order valence-electron chi connectivity index (χ2n) is 6.77. The summed E-state index contributed by atoms with van der Waals surface area (Å²) < 4.78 is 5.30. The van der Waals surface area contributed by atoms with Gasteiger partial charge in [-0.2, -0.15) is 0 Å². The SMILES string of the molecule is CC(=O)N(c1nc(COC(=O)c2ccc(C)c(O)c2)cs1)c1cccc(C)c1C. The van der Waals surface area contributed by atoms with Gasteiger partial charge in [-0.3, -0.25) is 9.69 Å².